The Labute approximate surface area is 392 Å². The van der Waals surface area contributed by atoms with Gasteiger partial charge in [0, 0.05) is 40.2 Å². The fraction of sp³-hybridized carbons (Fsp3) is 0.0833. The lowest BCUT2D eigenvalue weighted by Crippen LogP contribution is -2.27. The molecule has 4 N–H and O–H groups in total. The highest BCUT2D eigenvalue weighted by atomic mass is 35.5. The summed E-state index contributed by atoms with van der Waals surface area (Å²) in [5, 5.41) is 11.3. The molecule has 0 aliphatic heterocycles. The van der Waals surface area contributed by atoms with Crippen LogP contribution in [0.4, 0.5) is 22.7 Å². The SMILES string of the molecule is C[n+]1cccc(NC(=O)c2ccc(NC(=O)c3ccc(C(=O)Nc4ccc(C(=O)Nc5ccc[n+](C)c5)cc4)c(Cl)c3)cc2)c1.Cc1ccc(S(=O)(=O)[O-])cc1.Cc1ccc(S(=O)(=O)[O-])cc1. The molecule has 2 heterocycles. The Morgan fingerprint density at radius 3 is 1.16 bits per heavy atom. The van der Waals surface area contributed by atoms with Crippen molar-refractivity contribution in [1.29, 1.82) is 0 Å². The van der Waals surface area contributed by atoms with E-state index in [4.69, 9.17) is 11.6 Å². The lowest BCUT2D eigenvalue weighted by atomic mass is 10.1. The minimum absolute atomic E-state index is 0.0912. The van der Waals surface area contributed by atoms with Gasteiger partial charge in [-0.25, -0.2) is 26.0 Å². The largest absolute Gasteiger partial charge is 0.744 e. The van der Waals surface area contributed by atoms with E-state index in [1.54, 1.807) is 97.3 Å². The van der Waals surface area contributed by atoms with E-state index in [0.29, 0.717) is 33.9 Å². The van der Waals surface area contributed by atoms with E-state index in [2.05, 4.69) is 21.3 Å². The molecule has 19 heteroatoms. The minimum atomic E-state index is -4.27. The number of carbonyl (C=O) groups excluding carboxylic acids is 4. The number of benzene rings is 5. The standard InChI is InChI=1S/C34H27ClN6O4.2C7H8O3S/c1-40-17-3-5-27(20-40)38-31(42)22-7-12-25(13-8-22)36-33(44)24-11-16-29(30(35)19-24)34(45)37-26-14-9-23(10-15-26)32(43)39-28-6-4-18-41(2)21-28;2*1-6-2-4-7(5-3-6)11(8,9)10/h3-21H,1-2H3,(H2-2,36,37,38,39,42,43,44,45);2*2-5H,1H3,(H,8,9,10). The molecule has 4 amide bonds. The van der Waals surface area contributed by atoms with Gasteiger partial charge in [-0.3, -0.25) is 19.2 Å². The van der Waals surface area contributed by atoms with Crippen molar-refractivity contribution in [2.24, 2.45) is 14.1 Å². The van der Waals surface area contributed by atoms with E-state index < -0.39 is 32.1 Å². The van der Waals surface area contributed by atoms with Crippen molar-refractivity contribution in [2.45, 2.75) is 23.6 Å². The Kier molecular flexibility index (Phi) is 16.9. The summed E-state index contributed by atoms with van der Waals surface area (Å²) in [5.41, 5.74) is 5.40. The predicted molar refractivity (Wildman–Crippen MR) is 250 cm³/mol. The van der Waals surface area contributed by atoms with Crippen molar-refractivity contribution >= 4 is 78.2 Å². The van der Waals surface area contributed by atoms with Crippen LogP contribution in [0.15, 0.2) is 174 Å². The monoisotopic (exact) mass is 962 g/mol. The van der Waals surface area contributed by atoms with Crippen LogP contribution in [0.5, 0.6) is 0 Å². The summed E-state index contributed by atoms with van der Waals surface area (Å²) in [6.07, 6.45) is 7.30. The highest BCUT2D eigenvalue weighted by Crippen LogP contribution is 2.22. The highest BCUT2D eigenvalue weighted by molar-refractivity contribution is 7.86. The van der Waals surface area contributed by atoms with Crippen LogP contribution >= 0.6 is 11.6 Å². The molecule has 5 aromatic carbocycles. The van der Waals surface area contributed by atoms with Gasteiger partial charge in [-0.2, -0.15) is 0 Å². The first-order valence-electron chi connectivity index (χ1n) is 19.9. The highest BCUT2D eigenvalue weighted by Gasteiger charge is 2.16. The Morgan fingerprint density at radius 1 is 0.463 bits per heavy atom. The van der Waals surface area contributed by atoms with Crippen LogP contribution in [0.1, 0.15) is 52.6 Å². The Bertz CT molecular complexity index is 3060. The zero-order valence-electron chi connectivity index (χ0n) is 36.3. The second-order valence-electron chi connectivity index (χ2n) is 14.7. The van der Waals surface area contributed by atoms with Crippen LogP contribution < -0.4 is 30.4 Å². The van der Waals surface area contributed by atoms with Crippen molar-refractivity contribution in [1.82, 2.24) is 0 Å². The second-order valence-corrected chi connectivity index (χ2v) is 17.9. The Balaban J connectivity index is 0.000000310. The summed E-state index contributed by atoms with van der Waals surface area (Å²) in [7, 11) is -4.82. The van der Waals surface area contributed by atoms with Gasteiger partial charge in [0.2, 0.25) is 0 Å². The van der Waals surface area contributed by atoms with Crippen molar-refractivity contribution in [3.8, 4) is 0 Å². The lowest BCUT2D eigenvalue weighted by Gasteiger charge is -2.10. The van der Waals surface area contributed by atoms with Crippen molar-refractivity contribution in [2.75, 3.05) is 21.3 Å². The molecular formula is C48H43ClN6O10S2. The van der Waals surface area contributed by atoms with Crippen molar-refractivity contribution in [3.05, 3.63) is 203 Å². The molecule has 0 radical (unpaired) electrons. The number of aryl methyl sites for hydroxylation is 4. The molecule has 7 aromatic rings. The maximum atomic E-state index is 12.9. The molecule has 0 saturated carbocycles. The lowest BCUT2D eigenvalue weighted by molar-refractivity contribution is -0.670. The van der Waals surface area contributed by atoms with Crippen LogP contribution in [-0.4, -0.2) is 49.6 Å². The average Bonchev–Trinajstić information content (AvgIpc) is 3.27. The summed E-state index contributed by atoms with van der Waals surface area (Å²) >= 11 is 6.38. The summed E-state index contributed by atoms with van der Waals surface area (Å²) < 4.78 is 66.0. The number of pyridine rings is 2. The van der Waals surface area contributed by atoms with E-state index >= 15 is 0 Å². The number of nitrogens with zero attached hydrogens (tertiary/aromatic N) is 2. The van der Waals surface area contributed by atoms with Crippen LogP contribution in [0.2, 0.25) is 5.02 Å². The number of halogens is 1. The molecule has 0 aliphatic rings. The molecule has 2 aromatic heterocycles. The van der Waals surface area contributed by atoms with Gasteiger partial charge in [0.1, 0.15) is 45.7 Å². The van der Waals surface area contributed by atoms with E-state index in [0.717, 1.165) is 11.1 Å². The van der Waals surface area contributed by atoms with E-state index in [-0.39, 0.29) is 37.8 Å². The average molecular weight is 963 g/mol. The number of aromatic nitrogens is 2. The first kappa shape index (κ1) is 50.4. The molecule has 67 heavy (non-hydrogen) atoms. The Hall–Kier alpha value is -7.61. The molecule has 0 saturated heterocycles. The van der Waals surface area contributed by atoms with Crippen molar-refractivity contribution < 1.29 is 54.3 Å². The third kappa shape index (κ3) is 15.5. The number of rotatable bonds is 10. The third-order valence-corrected chi connectivity index (χ3v) is 11.3. The molecule has 7 rings (SSSR count). The van der Waals surface area contributed by atoms with Gasteiger partial charge in [-0.05, 0) is 117 Å². The molecule has 16 nitrogen and oxygen atoms in total. The van der Waals surface area contributed by atoms with Crippen LogP contribution in [0, 0.1) is 13.8 Å². The maximum Gasteiger partial charge on any atom is 0.257 e. The number of carbonyl (C=O) groups is 4. The van der Waals surface area contributed by atoms with Gasteiger partial charge in [0.05, 0.1) is 20.4 Å². The number of nitrogens with one attached hydrogen (secondary N) is 4. The molecule has 0 aliphatic carbocycles. The molecule has 0 unspecified atom stereocenters. The van der Waals surface area contributed by atoms with Gasteiger partial charge in [-0.15, -0.1) is 0 Å². The molecule has 0 atom stereocenters. The van der Waals surface area contributed by atoms with Gasteiger partial charge in [-0.1, -0.05) is 47.0 Å². The number of hydrogen-bond acceptors (Lipinski definition) is 10. The molecular weight excluding hydrogens is 920 g/mol. The topological polar surface area (TPSA) is 239 Å². The van der Waals surface area contributed by atoms with Gasteiger partial charge in [0.15, 0.2) is 24.8 Å². The number of amides is 4. The van der Waals surface area contributed by atoms with E-state index in [1.807, 2.05) is 61.6 Å². The van der Waals surface area contributed by atoms with Gasteiger partial charge in [0.25, 0.3) is 23.6 Å². The minimum Gasteiger partial charge on any atom is -0.744 e. The molecule has 0 fully saturated rings. The van der Waals surface area contributed by atoms with Gasteiger partial charge >= 0.3 is 0 Å². The summed E-state index contributed by atoms with van der Waals surface area (Å²) in [6.45, 7) is 3.64. The van der Waals surface area contributed by atoms with E-state index in [1.165, 1.54) is 42.5 Å². The normalized spacial score (nSPS) is 10.8. The second kappa shape index (κ2) is 22.5. The summed E-state index contributed by atoms with van der Waals surface area (Å²) in [6, 6.07) is 36.1. The fourth-order valence-electron chi connectivity index (χ4n) is 5.79. The first-order chi connectivity index (χ1) is 31.6. The maximum absolute atomic E-state index is 12.9. The molecule has 344 valence electrons. The molecule has 0 bridgehead atoms. The zero-order chi connectivity index (χ0) is 48.9. The number of hydrogen-bond donors (Lipinski definition) is 4. The fourth-order valence-corrected chi connectivity index (χ4v) is 7.00. The zero-order valence-corrected chi connectivity index (χ0v) is 38.6. The predicted octanol–water partition coefficient (Wildman–Crippen LogP) is 6.80. The number of anilines is 4. The summed E-state index contributed by atoms with van der Waals surface area (Å²) in [4.78, 5) is 50.5. The first-order valence-corrected chi connectivity index (χ1v) is 23.0. The van der Waals surface area contributed by atoms with Crippen LogP contribution in [0.25, 0.3) is 0 Å². The molecule has 0 spiro atoms. The van der Waals surface area contributed by atoms with Crippen molar-refractivity contribution in [3.63, 3.8) is 0 Å². The van der Waals surface area contributed by atoms with Crippen LogP contribution in [0.3, 0.4) is 0 Å². The quantitative estimate of drug-likeness (QED) is 0.0826. The van der Waals surface area contributed by atoms with Crippen LogP contribution in [-0.2, 0) is 34.3 Å². The summed E-state index contributed by atoms with van der Waals surface area (Å²) in [5.74, 6) is -1.47. The van der Waals surface area contributed by atoms with Gasteiger partial charge < -0.3 is 30.4 Å². The third-order valence-electron chi connectivity index (χ3n) is 9.30. The Morgan fingerprint density at radius 2 is 0.806 bits per heavy atom. The smallest absolute Gasteiger partial charge is 0.257 e. The van der Waals surface area contributed by atoms with E-state index in [9.17, 15) is 45.1 Å².